The van der Waals surface area contributed by atoms with Gasteiger partial charge in [-0.05, 0) is 36.2 Å². The molecule has 0 saturated carbocycles. The van der Waals surface area contributed by atoms with Gasteiger partial charge in [0, 0.05) is 12.5 Å². The van der Waals surface area contributed by atoms with Gasteiger partial charge in [0.2, 0.25) is 0 Å². The first-order valence-electron chi connectivity index (χ1n) is 7.96. The number of rotatable bonds is 10. The van der Waals surface area contributed by atoms with E-state index in [1.165, 1.54) is 20.3 Å². The smallest absolute Gasteiger partial charge is 0.341 e. The van der Waals surface area contributed by atoms with Crippen LogP contribution in [0.2, 0.25) is 6.04 Å². The first-order valence-corrected chi connectivity index (χ1v) is 13.2. The van der Waals surface area contributed by atoms with Crippen LogP contribution in [-0.4, -0.2) is 32.2 Å². The zero-order valence-corrected chi connectivity index (χ0v) is 17.9. The fourth-order valence-electron chi connectivity index (χ4n) is 2.05. The highest BCUT2D eigenvalue weighted by atomic mass is 35.8. The SMILES string of the molecule is COC(=O)C=Cc1ccc(OC)c(OC(=O)CCCCC[Si](Cl)(Cl)Cl)c1. The van der Waals surface area contributed by atoms with E-state index in [1.54, 1.807) is 24.3 Å². The Bertz CT molecular complexity index is 644. The number of halogens is 3. The van der Waals surface area contributed by atoms with Gasteiger partial charge in [-0.1, -0.05) is 18.9 Å². The van der Waals surface area contributed by atoms with Crippen molar-refractivity contribution in [2.75, 3.05) is 14.2 Å². The Morgan fingerprint density at radius 2 is 1.81 bits per heavy atom. The van der Waals surface area contributed by atoms with Crippen molar-refractivity contribution in [2.45, 2.75) is 31.7 Å². The van der Waals surface area contributed by atoms with Crippen molar-refractivity contribution in [3.8, 4) is 11.5 Å². The number of methoxy groups -OCH3 is 2. The van der Waals surface area contributed by atoms with Crippen LogP contribution in [0, 0.1) is 0 Å². The lowest BCUT2D eigenvalue weighted by Crippen LogP contribution is -2.10. The second-order valence-corrected chi connectivity index (χ2v) is 14.7. The molecular formula is C17H21Cl3O5Si. The Kier molecular flexibility index (Phi) is 10.1. The molecule has 0 N–H and O–H groups in total. The van der Waals surface area contributed by atoms with E-state index in [4.69, 9.17) is 42.7 Å². The molecule has 0 unspecified atom stereocenters. The summed E-state index contributed by atoms with van der Waals surface area (Å²) in [5, 5.41) is 0. The van der Waals surface area contributed by atoms with Crippen LogP contribution >= 0.6 is 33.2 Å². The maximum absolute atomic E-state index is 12.0. The van der Waals surface area contributed by atoms with Gasteiger partial charge in [0.25, 0.3) is 0 Å². The Morgan fingerprint density at radius 3 is 2.42 bits per heavy atom. The number of esters is 2. The molecule has 1 aromatic carbocycles. The predicted octanol–water partition coefficient (Wildman–Crippen LogP) is 5.00. The van der Waals surface area contributed by atoms with Gasteiger partial charge >= 0.3 is 17.9 Å². The van der Waals surface area contributed by atoms with E-state index in [0.29, 0.717) is 29.5 Å². The topological polar surface area (TPSA) is 61.8 Å². The molecule has 5 nitrogen and oxygen atoms in total. The minimum atomic E-state index is -2.59. The number of unbranched alkanes of at least 4 members (excludes halogenated alkanes) is 2. The molecule has 0 aromatic heterocycles. The lowest BCUT2D eigenvalue weighted by molar-refractivity contribution is -0.135. The number of carbonyl (C=O) groups is 2. The van der Waals surface area contributed by atoms with Gasteiger partial charge in [-0.15, -0.1) is 33.2 Å². The second kappa shape index (κ2) is 11.5. The highest BCUT2D eigenvalue weighted by Gasteiger charge is 2.23. The van der Waals surface area contributed by atoms with Gasteiger partial charge in [0.05, 0.1) is 14.2 Å². The maximum Gasteiger partial charge on any atom is 0.341 e. The third kappa shape index (κ3) is 9.47. The Morgan fingerprint density at radius 1 is 1.08 bits per heavy atom. The second-order valence-electron chi connectivity index (χ2n) is 5.42. The molecule has 0 spiro atoms. The zero-order valence-electron chi connectivity index (χ0n) is 14.6. The van der Waals surface area contributed by atoms with Crippen LogP contribution in [0.4, 0.5) is 0 Å². The molecular weight excluding hydrogens is 419 g/mol. The van der Waals surface area contributed by atoms with E-state index in [2.05, 4.69) is 4.74 Å². The van der Waals surface area contributed by atoms with Crippen molar-refractivity contribution in [3.05, 3.63) is 29.8 Å². The largest absolute Gasteiger partial charge is 0.493 e. The molecule has 0 atom stereocenters. The molecule has 0 radical (unpaired) electrons. The molecule has 26 heavy (non-hydrogen) atoms. The van der Waals surface area contributed by atoms with Crippen molar-refractivity contribution in [1.82, 2.24) is 0 Å². The quantitative estimate of drug-likeness (QED) is 0.128. The zero-order chi connectivity index (χ0) is 19.6. The van der Waals surface area contributed by atoms with Crippen molar-refractivity contribution in [2.24, 2.45) is 0 Å². The number of hydrogen-bond donors (Lipinski definition) is 0. The van der Waals surface area contributed by atoms with Gasteiger partial charge in [-0.3, -0.25) is 4.79 Å². The summed E-state index contributed by atoms with van der Waals surface area (Å²) in [4.78, 5) is 23.2. The van der Waals surface area contributed by atoms with Gasteiger partial charge < -0.3 is 14.2 Å². The molecule has 0 amide bonds. The molecule has 0 saturated heterocycles. The van der Waals surface area contributed by atoms with Crippen LogP contribution in [0.3, 0.4) is 0 Å². The Balaban J connectivity index is 2.59. The molecule has 0 heterocycles. The summed E-state index contributed by atoms with van der Waals surface area (Å²) >= 11 is 17.4. The van der Waals surface area contributed by atoms with Crippen LogP contribution in [0.25, 0.3) is 6.08 Å². The first kappa shape index (κ1) is 22.8. The first-order chi connectivity index (χ1) is 12.2. The monoisotopic (exact) mass is 438 g/mol. The van der Waals surface area contributed by atoms with E-state index in [0.717, 1.165) is 12.8 Å². The van der Waals surface area contributed by atoms with Crippen LogP contribution in [-0.2, 0) is 14.3 Å². The van der Waals surface area contributed by atoms with Gasteiger partial charge in [-0.25, -0.2) is 4.79 Å². The number of benzene rings is 1. The van der Waals surface area contributed by atoms with Gasteiger partial charge in [0.1, 0.15) is 0 Å². The van der Waals surface area contributed by atoms with Crippen LogP contribution in [0.15, 0.2) is 24.3 Å². The van der Waals surface area contributed by atoms with Crippen LogP contribution in [0.5, 0.6) is 11.5 Å². The van der Waals surface area contributed by atoms with Gasteiger partial charge in [-0.2, -0.15) is 0 Å². The average Bonchev–Trinajstić information content (AvgIpc) is 2.58. The van der Waals surface area contributed by atoms with Crippen LogP contribution < -0.4 is 9.47 Å². The Hall–Kier alpha value is -1.21. The lowest BCUT2D eigenvalue weighted by atomic mass is 10.2. The fraction of sp³-hybridized carbons (Fsp3) is 0.412. The normalized spacial score (nSPS) is 11.4. The summed E-state index contributed by atoms with van der Waals surface area (Å²) in [6, 6.07) is 3.00. The lowest BCUT2D eigenvalue weighted by Gasteiger charge is -2.10. The van der Waals surface area contributed by atoms with Crippen molar-refractivity contribution >= 4 is 57.3 Å². The maximum atomic E-state index is 12.0. The van der Waals surface area contributed by atoms with E-state index in [9.17, 15) is 9.59 Å². The summed E-state index contributed by atoms with van der Waals surface area (Å²) in [6.45, 7) is 0. The minimum Gasteiger partial charge on any atom is -0.493 e. The van der Waals surface area contributed by atoms with Crippen molar-refractivity contribution in [3.63, 3.8) is 0 Å². The highest BCUT2D eigenvalue weighted by molar-refractivity contribution is 7.64. The van der Waals surface area contributed by atoms with E-state index >= 15 is 0 Å². The summed E-state index contributed by atoms with van der Waals surface area (Å²) in [7, 11) is 2.78. The summed E-state index contributed by atoms with van der Waals surface area (Å²) in [5.41, 5.74) is 0.673. The van der Waals surface area contributed by atoms with Crippen molar-refractivity contribution in [1.29, 1.82) is 0 Å². The molecule has 1 rings (SSSR count). The number of hydrogen-bond acceptors (Lipinski definition) is 5. The van der Waals surface area contributed by atoms with Crippen molar-refractivity contribution < 1.29 is 23.8 Å². The minimum absolute atomic E-state index is 0.257. The third-order valence-electron chi connectivity index (χ3n) is 3.37. The molecule has 9 heteroatoms. The average molecular weight is 440 g/mol. The molecule has 1 aromatic rings. The van der Waals surface area contributed by atoms with E-state index in [-0.39, 0.29) is 12.4 Å². The summed E-state index contributed by atoms with van der Waals surface area (Å²) in [6.07, 6.45) is 5.30. The van der Waals surface area contributed by atoms with Crippen LogP contribution in [0.1, 0.15) is 31.2 Å². The predicted molar refractivity (Wildman–Crippen MR) is 106 cm³/mol. The van der Waals surface area contributed by atoms with Gasteiger partial charge in [0.15, 0.2) is 11.5 Å². The fourth-order valence-corrected chi connectivity index (χ4v) is 3.91. The Labute approximate surface area is 168 Å². The third-order valence-corrected chi connectivity index (χ3v) is 5.99. The summed E-state index contributed by atoms with van der Waals surface area (Å²) in [5.74, 6) is -0.130. The molecule has 0 fully saturated rings. The molecule has 0 aliphatic heterocycles. The highest BCUT2D eigenvalue weighted by Crippen LogP contribution is 2.30. The summed E-state index contributed by atoms with van der Waals surface area (Å²) < 4.78 is 15.1. The molecule has 0 aliphatic carbocycles. The number of carbonyl (C=O) groups excluding carboxylic acids is 2. The standard InChI is InChI=1S/C17H21Cl3O5Si/c1-23-14-9-7-13(8-10-16(21)24-2)12-15(14)25-17(22)6-4-3-5-11-26(18,19)20/h7-10,12H,3-6,11H2,1-2H3. The molecule has 0 bridgehead atoms. The molecule has 0 aliphatic rings. The van der Waals surface area contributed by atoms with E-state index in [1.807, 2.05) is 0 Å². The van der Waals surface area contributed by atoms with E-state index < -0.39 is 12.0 Å². The molecule has 144 valence electrons. The number of ether oxygens (including phenoxy) is 3.